The zero-order valence-corrected chi connectivity index (χ0v) is 12.6. The summed E-state index contributed by atoms with van der Waals surface area (Å²) in [5, 5.41) is 3.11. The Morgan fingerprint density at radius 3 is 2.61 bits per heavy atom. The van der Waals surface area contributed by atoms with E-state index < -0.39 is 0 Å². The molecule has 0 saturated heterocycles. The second kappa shape index (κ2) is 6.75. The van der Waals surface area contributed by atoms with E-state index in [2.05, 4.69) is 21.2 Å². The fraction of sp³-hybridized carbons (Fsp3) is 0.462. The van der Waals surface area contributed by atoms with Gasteiger partial charge in [-0.2, -0.15) is 0 Å². The molecule has 0 aliphatic rings. The van der Waals surface area contributed by atoms with Crippen LogP contribution in [-0.2, 0) is 11.3 Å². The van der Waals surface area contributed by atoms with Gasteiger partial charge in [-0.15, -0.1) is 0 Å². The molecular weight excluding hydrogens is 294 g/mol. The molecule has 0 saturated carbocycles. The number of primary amides is 1. The summed E-state index contributed by atoms with van der Waals surface area (Å²) in [6.07, 6.45) is 0. The molecule has 3 N–H and O–H groups in total. The molecule has 0 aromatic heterocycles. The highest BCUT2D eigenvalue weighted by Crippen LogP contribution is 2.25. The van der Waals surface area contributed by atoms with E-state index in [4.69, 9.17) is 5.73 Å². The highest BCUT2D eigenvalue weighted by Gasteiger charge is 2.14. The predicted molar refractivity (Wildman–Crippen MR) is 78.6 cm³/mol. The van der Waals surface area contributed by atoms with Crippen molar-refractivity contribution in [1.29, 1.82) is 0 Å². The molecule has 0 bridgehead atoms. The molecule has 0 atom stereocenters. The van der Waals surface area contributed by atoms with E-state index in [-0.39, 0.29) is 18.5 Å². The first-order chi connectivity index (χ1) is 8.45. The van der Waals surface area contributed by atoms with Crippen LogP contribution < -0.4 is 16.0 Å². The zero-order chi connectivity index (χ0) is 13.7. The predicted octanol–water partition coefficient (Wildman–Crippen LogP) is 1.87. The van der Waals surface area contributed by atoms with Crippen LogP contribution in [0.3, 0.4) is 0 Å². The number of benzene rings is 1. The van der Waals surface area contributed by atoms with Crippen LogP contribution in [0, 0.1) is 0 Å². The van der Waals surface area contributed by atoms with E-state index in [1.165, 1.54) is 5.56 Å². The van der Waals surface area contributed by atoms with Gasteiger partial charge >= 0.3 is 0 Å². The molecule has 0 aliphatic carbocycles. The normalized spacial score (nSPS) is 10.7. The Balaban J connectivity index is 2.99. The molecule has 1 amide bonds. The van der Waals surface area contributed by atoms with E-state index in [0.29, 0.717) is 0 Å². The molecule has 0 aliphatic heterocycles. The van der Waals surface area contributed by atoms with Crippen LogP contribution >= 0.6 is 15.9 Å². The monoisotopic (exact) mass is 313 g/mol. The van der Waals surface area contributed by atoms with E-state index in [1.807, 2.05) is 44.0 Å². The summed E-state index contributed by atoms with van der Waals surface area (Å²) in [5.74, 6) is -0.320. The molecule has 1 aromatic carbocycles. The summed E-state index contributed by atoms with van der Waals surface area (Å²) < 4.78 is 1.03. The lowest BCUT2D eigenvalue weighted by molar-refractivity contribution is -0.116. The molecule has 5 heteroatoms. The number of hydrogen-bond donors (Lipinski definition) is 2. The van der Waals surface area contributed by atoms with Gasteiger partial charge in [0.2, 0.25) is 5.91 Å². The fourth-order valence-electron chi connectivity index (χ4n) is 1.79. The van der Waals surface area contributed by atoms with Gasteiger partial charge in [0.1, 0.15) is 0 Å². The van der Waals surface area contributed by atoms with Crippen molar-refractivity contribution < 1.29 is 4.79 Å². The van der Waals surface area contributed by atoms with Gasteiger partial charge in [0.15, 0.2) is 0 Å². The van der Waals surface area contributed by atoms with Crippen molar-refractivity contribution in [2.75, 3.05) is 18.5 Å². The fourth-order valence-corrected chi connectivity index (χ4v) is 2.30. The summed E-state index contributed by atoms with van der Waals surface area (Å²) in [7, 11) is 1.91. The Labute approximate surface area is 117 Å². The van der Waals surface area contributed by atoms with Crippen molar-refractivity contribution in [3.8, 4) is 0 Å². The average molecular weight is 314 g/mol. The standard InChI is InChI=1S/C13H20BrN3O/c1-9(2)17(8-13(15)18)11-5-4-10(7-16-3)12(14)6-11/h4-6,9,16H,7-8H2,1-3H3,(H2,15,18). The Morgan fingerprint density at radius 2 is 2.17 bits per heavy atom. The van der Waals surface area contributed by atoms with E-state index in [9.17, 15) is 4.79 Å². The quantitative estimate of drug-likeness (QED) is 0.843. The van der Waals surface area contributed by atoms with Gasteiger partial charge in [0, 0.05) is 22.7 Å². The first-order valence-corrected chi connectivity index (χ1v) is 6.73. The van der Waals surface area contributed by atoms with Gasteiger partial charge in [0.05, 0.1) is 6.54 Å². The Bertz CT molecular complexity index is 421. The van der Waals surface area contributed by atoms with Gasteiger partial charge in [-0.05, 0) is 38.6 Å². The third kappa shape index (κ3) is 3.99. The van der Waals surface area contributed by atoms with Gasteiger partial charge in [-0.1, -0.05) is 22.0 Å². The molecule has 0 spiro atoms. The molecule has 4 nitrogen and oxygen atoms in total. The summed E-state index contributed by atoms with van der Waals surface area (Å²) in [6, 6.07) is 6.31. The second-order valence-corrected chi connectivity index (χ2v) is 5.35. The molecule has 18 heavy (non-hydrogen) atoms. The number of rotatable bonds is 6. The summed E-state index contributed by atoms with van der Waals surface area (Å²) in [6.45, 7) is 5.12. The van der Waals surface area contributed by atoms with E-state index >= 15 is 0 Å². The highest BCUT2D eigenvalue weighted by atomic mass is 79.9. The summed E-state index contributed by atoms with van der Waals surface area (Å²) in [4.78, 5) is 13.1. The first kappa shape index (κ1) is 15.0. The van der Waals surface area contributed by atoms with Crippen LogP contribution in [0.1, 0.15) is 19.4 Å². The lowest BCUT2D eigenvalue weighted by atomic mass is 10.1. The van der Waals surface area contributed by atoms with Crippen molar-refractivity contribution in [2.24, 2.45) is 5.73 Å². The van der Waals surface area contributed by atoms with Crippen molar-refractivity contribution in [2.45, 2.75) is 26.4 Å². The van der Waals surface area contributed by atoms with Crippen LogP contribution in [0.2, 0.25) is 0 Å². The SMILES string of the molecule is CNCc1ccc(N(CC(N)=O)C(C)C)cc1Br. The van der Waals surface area contributed by atoms with Crippen molar-refractivity contribution in [3.63, 3.8) is 0 Å². The third-order valence-electron chi connectivity index (χ3n) is 2.69. The zero-order valence-electron chi connectivity index (χ0n) is 11.0. The van der Waals surface area contributed by atoms with Crippen LogP contribution in [0.5, 0.6) is 0 Å². The molecule has 100 valence electrons. The van der Waals surface area contributed by atoms with Gasteiger partial charge < -0.3 is 16.0 Å². The van der Waals surface area contributed by atoms with E-state index in [0.717, 1.165) is 16.7 Å². The third-order valence-corrected chi connectivity index (χ3v) is 3.42. The van der Waals surface area contributed by atoms with Crippen LogP contribution in [-0.4, -0.2) is 25.5 Å². The molecule has 0 fully saturated rings. The molecule has 1 aromatic rings. The molecule has 0 radical (unpaired) electrons. The molecule has 0 unspecified atom stereocenters. The molecule has 0 heterocycles. The number of nitrogens with one attached hydrogen (secondary N) is 1. The number of carbonyl (C=O) groups is 1. The number of carbonyl (C=O) groups excluding carboxylic acids is 1. The lowest BCUT2D eigenvalue weighted by Gasteiger charge is -2.28. The number of nitrogens with zero attached hydrogens (tertiary/aromatic N) is 1. The number of anilines is 1. The molecule has 1 rings (SSSR count). The maximum Gasteiger partial charge on any atom is 0.236 e. The maximum atomic E-state index is 11.1. The van der Waals surface area contributed by atoms with Crippen LogP contribution in [0.25, 0.3) is 0 Å². The summed E-state index contributed by atoms with van der Waals surface area (Å²) >= 11 is 3.55. The molecular formula is C13H20BrN3O. The van der Waals surface area contributed by atoms with Gasteiger partial charge in [0.25, 0.3) is 0 Å². The van der Waals surface area contributed by atoms with Crippen molar-refractivity contribution in [1.82, 2.24) is 5.32 Å². The average Bonchev–Trinajstić information content (AvgIpc) is 2.28. The smallest absolute Gasteiger partial charge is 0.236 e. The van der Waals surface area contributed by atoms with Crippen molar-refractivity contribution >= 4 is 27.5 Å². The Hall–Kier alpha value is -1.07. The minimum Gasteiger partial charge on any atom is -0.368 e. The number of hydrogen-bond acceptors (Lipinski definition) is 3. The van der Waals surface area contributed by atoms with E-state index in [1.54, 1.807) is 0 Å². The maximum absolute atomic E-state index is 11.1. The minimum atomic E-state index is -0.320. The highest BCUT2D eigenvalue weighted by molar-refractivity contribution is 9.10. The lowest BCUT2D eigenvalue weighted by Crippen LogP contribution is -2.38. The Morgan fingerprint density at radius 1 is 1.50 bits per heavy atom. The topological polar surface area (TPSA) is 58.4 Å². The van der Waals surface area contributed by atoms with Crippen LogP contribution in [0.15, 0.2) is 22.7 Å². The number of halogens is 1. The minimum absolute atomic E-state index is 0.222. The van der Waals surface area contributed by atoms with Gasteiger partial charge in [-0.3, -0.25) is 4.79 Å². The largest absolute Gasteiger partial charge is 0.368 e. The van der Waals surface area contributed by atoms with Gasteiger partial charge in [-0.25, -0.2) is 0 Å². The number of amides is 1. The van der Waals surface area contributed by atoms with Crippen molar-refractivity contribution in [3.05, 3.63) is 28.2 Å². The number of nitrogens with two attached hydrogens (primary N) is 1. The second-order valence-electron chi connectivity index (χ2n) is 4.49. The summed E-state index contributed by atoms with van der Waals surface area (Å²) in [5.41, 5.74) is 7.46. The first-order valence-electron chi connectivity index (χ1n) is 5.93. The van der Waals surface area contributed by atoms with Crippen LogP contribution in [0.4, 0.5) is 5.69 Å². The Kier molecular flexibility index (Phi) is 5.62.